The zero-order chi connectivity index (χ0) is 15.1. The summed E-state index contributed by atoms with van der Waals surface area (Å²) in [6.07, 6.45) is 6.61. The van der Waals surface area contributed by atoms with Crippen LogP contribution in [0.1, 0.15) is 25.3 Å². The van der Waals surface area contributed by atoms with Crippen LogP contribution in [0.4, 0.5) is 0 Å². The quantitative estimate of drug-likeness (QED) is 0.497. The van der Waals surface area contributed by atoms with E-state index < -0.39 is 0 Å². The lowest BCUT2D eigenvalue weighted by molar-refractivity contribution is 0.223. The van der Waals surface area contributed by atoms with Crippen LogP contribution in [0.5, 0.6) is 5.75 Å². The van der Waals surface area contributed by atoms with Crippen LogP contribution in [0.3, 0.4) is 0 Å². The van der Waals surface area contributed by atoms with Crippen LogP contribution in [-0.4, -0.2) is 31.7 Å². The normalized spacial score (nSPS) is 16.8. The summed E-state index contributed by atoms with van der Waals surface area (Å²) < 4.78 is 5.88. The summed E-state index contributed by atoms with van der Waals surface area (Å²) in [5.74, 6) is 1.74. The Morgan fingerprint density at radius 2 is 1.95 bits per heavy atom. The van der Waals surface area contributed by atoms with E-state index in [0.717, 1.165) is 24.6 Å². The fourth-order valence-corrected chi connectivity index (χ4v) is 2.25. The molecule has 4 nitrogen and oxygen atoms in total. The molecular weight excluding hydrogens is 262 g/mol. The molecule has 1 unspecified atom stereocenters. The van der Waals surface area contributed by atoms with Crippen molar-refractivity contribution in [2.75, 3.05) is 13.6 Å². The first kappa shape index (κ1) is 15.4. The van der Waals surface area contributed by atoms with Crippen molar-refractivity contribution < 1.29 is 4.74 Å². The summed E-state index contributed by atoms with van der Waals surface area (Å²) in [4.78, 5) is 4.25. The number of hydrogen-bond acceptors (Lipinski definition) is 2. The largest absolute Gasteiger partial charge is 0.489 e. The highest BCUT2D eigenvalue weighted by atomic mass is 16.5. The Balaban J connectivity index is 1.74. The number of hydrogen-bond donors (Lipinski definition) is 2. The van der Waals surface area contributed by atoms with Gasteiger partial charge in [0.2, 0.25) is 0 Å². The molecule has 0 aromatic heterocycles. The molecule has 21 heavy (non-hydrogen) atoms. The Labute approximate surface area is 127 Å². The molecule has 114 valence electrons. The van der Waals surface area contributed by atoms with Gasteiger partial charge in [0.1, 0.15) is 11.9 Å². The van der Waals surface area contributed by atoms with Crippen molar-refractivity contribution in [2.24, 2.45) is 4.99 Å². The van der Waals surface area contributed by atoms with Gasteiger partial charge in [-0.3, -0.25) is 4.99 Å². The Kier molecular flexibility index (Phi) is 5.67. The van der Waals surface area contributed by atoms with Crippen molar-refractivity contribution in [3.63, 3.8) is 0 Å². The third-order valence-corrected chi connectivity index (χ3v) is 3.49. The molecule has 0 bridgehead atoms. The Morgan fingerprint density at radius 1 is 1.29 bits per heavy atom. The fourth-order valence-electron chi connectivity index (χ4n) is 2.25. The molecule has 0 saturated heterocycles. The molecule has 0 aliphatic heterocycles. The molecule has 1 aliphatic carbocycles. The number of rotatable bonds is 5. The molecule has 0 spiro atoms. The molecule has 1 atom stereocenters. The molecule has 0 saturated carbocycles. The molecule has 1 aromatic carbocycles. The molecule has 0 radical (unpaired) electrons. The molecule has 2 N–H and O–H groups in total. The van der Waals surface area contributed by atoms with Gasteiger partial charge in [0.25, 0.3) is 0 Å². The third kappa shape index (κ3) is 5.14. The van der Waals surface area contributed by atoms with Crippen LogP contribution in [-0.2, 0) is 0 Å². The van der Waals surface area contributed by atoms with E-state index in [-0.39, 0.29) is 6.10 Å². The number of aliphatic imine (C=N–C) groups is 1. The van der Waals surface area contributed by atoms with E-state index in [9.17, 15) is 0 Å². The van der Waals surface area contributed by atoms with Crippen LogP contribution in [0, 0.1) is 6.92 Å². The highest BCUT2D eigenvalue weighted by molar-refractivity contribution is 5.80. The lowest BCUT2D eigenvalue weighted by Gasteiger charge is -2.20. The molecule has 2 rings (SSSR count). The second kappa shape index (κ2) is 7.72. The van der Waals surface area contributed by atoms with Crippen molar-refractivity contribution >= 4 is 5.96 Å². The van der Waals surface area contributed by atoms with Crippen LogP contribution in [0.2, 0.25) is 0 Å². The molecule has 0 heterocycles. The monoisotopic (exact) mass is 287 g/mol. The topological polar surface area (TPSA) is 45.7 Å². The van der Waals surface area contributed by atoms with Gasteiger partial charge in [0.15, 0.2) is 5.96 Å². The maximum atomic E-state index is 5.88. The van der Waals surface area contributed by atoms with Gasteiger partial charge in [0, 0.05) is 13.1 Å². The molecule has 1 aromatic rings. The summed E-state index contributed by atoms with van der Waals surface area (Å²) in [5, 5.41) is 6.73. The Hall–Kier alpha value is -1.97. The minimum Gasteiger partial charge on any atom is -0.489 e. The van der Waals surface area contributed by atoms with E-state index in [0.29, 0.717) is 12.6 Å². The van der Waals surface area contributed by atoms with Gasteiger partial charge >= 0.3 is 0 Å². The second-order valence-corrected chi connectivity index (χ2v) is 5.48. The maximum absolute atomic E-state index is 5.88. The summed E-state index contributed by atoms with van der Waals surface area (Å²) in [6.45, 7) is 4.84. The van der Waals surface area contributed by atoms with E-state index in [1.165, 1.54) is 5.56 Å². The smallest absolute Gasteiger partial charge is 0.191 e. The standard InChI is InChI=1S/C17H25N3O/c1-13-8-10-16(11-9-13)21-14(2)12-19-17(18-3)20-15-6-4-5-7-15/h4-5,8-11,14-15H,6-7,12H2,1-3H3,(H2,18,19,20). The van der Waals surface area contributed by atoms with Crippen molar-refractivity contribution in [3.8, 4) is 5.75 Å². The van der Waals surface area contributed by atoms with E-state index in [1.54, 1.807) is 7.05 Å². The van der Waals surface area contributed by atoms with E-state index in [4.69, 9.17) is 4.74 Å². The van der Waals surface area contributed by atoms with Crippen molar-refractivity contribution in [3.05, 3.63) is 42.0 Å². The maximum Gasteiger partial charge on any atom is 0.191 e. The summed E-state index contributed by atoms with van der Waals surface area (Å²) in [6, 6.07) is 8.59. The number of nitrogens with one attached hydrogen (secondary N) is 2. The van der Waals surface area contributed by atoms with Crippen LogP contribution in [0.25, 0.3) is 0 Å². The average molecular weight is 287 g/mol. The molecule has 1 aliphatic rings. The van der Waals surface area contributed by atoms with E-state index in [2.05, 4.69) is 53.8 Å². The van der Waals surface area contributed by atoms with Crippen LogP contribution in [0.15, 0.2) is 41.4 Å². The lowest BCUT2D eigenvalue weighted by atomic mass is 10.2. The first-order valence-electron chi connectivity index (χ1n) is 7.53. The number of benzene rings is 1. The number of aryl methyl sites for hydroxylation is 1. The number of nitrogens with zero attached hydrogens (tertiary/aromatic N) is 1. The number of guanidine groups is 1. The first-order valence-corrected chi connectivity index (χ1v) is 7.53. The zero-order valence-electron chi connectivity index (χ0n) is 13.1. The summed E-state index contributed by atoms with van der Waals surface area (Å²) in [5.41, 5.74) is 1.24. The van der Waals surface area contributed by atoms with Crippen molar-refractivity contribution in [1.29, 1.82) is 0 Å². The predicted octanol–water partition coefficient (Wildman–Crippen LogP) is 2.65. The molecule has 0 fully saturated rings. The SMILES string of the molecule is CN=C(NCC(C)Oc1ccc(C)cc1)NC1CC=CC1. The van der Waals surface area contributed by atoms with Gasteiger partial charge in [-0.2, -0.15) is 0 Å². The molecule has 4 heteroatoms. The summed E-state index contributed by atoms with van der Waals surface area (Å²) in [7, 11) is 1.79. The van der Waals surface area contributed by atoms with Gasteiger partial charge in [-0.15, -0.1) is 0 Å². The van der Waals surface area contributed by atoms with Gasteiger partial charge in [-0.25, -0.2) is 0 Å². The highest BCUT2D eigenvalue weighted by Gasteiger charge is 2.12. The van der Waals surface area contributed by atoms with Crippen LogP contribution >= 0.6 is 0 Å². The number of ether oxygens (including phenoxy) is 1. The van der Waals surface area contributed by atoms with Gasteiger partial charge in [-0.05, 0) is 38.8 Å². The third-order valence-electron chi connectivity index (χ3n) is 3.49. The highest BCUT2D eigenvalue weighted by Crippen LogP contribution is 2.13. The zero-order valence-corrected chi connectivity index (χ0v) is 13.1. The predicted molar refractivity (Wildman–Crippen MR) is 87.9 cm³/mol. The lowest BCUT2D eigenvalue weighted by Crippen LogP contribution is -2.45. The molecular formula is C17H25N3O. The Morgan fingerprint density at radius 3 is 2.57 bits per heavy atom. The fraction of sp³-hybridized carbons (Fsp3) is 0.471. The average Bonchev–Trinajstić information content (AvgIpc) is 2.99. The Bertz CT molecular complexity index is 485. The second-order valence-electron chi connectivity index (χ2n) is 5.48. The first-order chi connectivity index (χ1) is 10.2. The van der Waals surface area contributed by atoms with Gasteiger partial charge in [-0.1, -0.05) is 29.8 Å². The van der Waals surface area contributed by atoms with Gasteiger partial charge in [0.05, 0.1) is 6.54 Å². The molecule has 0 amide bonds. The van der Waals surface area contributed by atoms with E-state index >= 15 is 0 Å². The minimum absolute atomic E-state index is 0.0768. The van der Waals surface area contributed by atoms with Gasteiger partial charge < -0.3 is 15.4 Å². The van der Waals surface area contributed by atoms with Crippen molar-refractivity contribution in [1.82, 2.24) is 10.6 Å². The van der Waals surface area contributed by atoms with Crippen LogP contribution < -0.4 is 15.4 Å². The van der Waals surface area contributed by atoms with Crippen molar-refractivity contribution in [2.45, 2.75) is 38.8 Å². The minimum atomic E-state index is 0.0768. The summed E-state index contributed by atoms with van der Waals surface area (Å²) >= 11 is 0. The van der Waals surface area contributed by atoms with E-state index in [1.807, 2.05) is 12.1 Å².